The van der Waals surface area contributed by atoms with E-state index < -0.39 is 15.2 Å². The van der Waals surface area contributed by atoms with Gasteiger partial charge in [-0.25, -0.2) is 23.5 Å². The van der Waals surface area contributed by atoms with Crippen LogP contribution in [0, 0.1) is 0 Å². The maximum Gasteiger partial charge on any atom is 0.273 e. The topological polar surface area (TPSA) is 123 Å². The summed E-state index contributed by atoms with van der Waals surface area (Å²) in [5.74, 6) is 0. The van der Waals surface area contributed by atoms with Crippen LogP contribution in [-0.2, 0) is 10.0 Å². The maximum atomic E-state index is 11.0. The average molecular weight is 371 g/mol. The van der Waals surface area contributed by atoms with Gasteiger partial charge in [-0.2, -0.15) is 5.10 Å². The Bertz CT molecular complexity index is 776. The van der Waals surface area contributed by atoms with Crippen LogP contribution in [0.5, 0.6) is 0 Å². The second kappa shape index (κ2) is 6.24. The predicted octanol–water partition coefficient (Wildman–Crippen LogP) is 1.12. The number of halogens is 1. The number of sulfonamides is 1. The van der Waals surface area contributed by atoms with Crippen LogP contribution in [0.25, 0.3) is 0 Å². The number of anilines is 1. The Morgan fingerprint density at radius 3 is 2.52 bits per heavy atom. The van der Waals surface area contributed by atoms with Crippen LogP contribution in [0.1, 0.15) is 12.5 Å². The Labute approximate surface area is 129 Å². The van der Waals surface area contributed by atoms with E-state index in [0.29, 0.717) is 11.4 Å². The fourth-order valence-corrected chi connectivity index (χ4v) is 2.11. The number of aromatic nitrogens is 3. The molecule has 2 aromatic rings. The van der Waals surface area contributed by atoms with Crippen molar-refractivity contribution in [2.45, 2.75) is 12.1 Å². The molecule has 3 N–H and O–H groups in total. The van der Waals surface area contributed by atoms with Gasteiger partial charge in [0, 0.05) is 22.4 Å². The van der Waals surface area contributed by atoms with Crippen molar-refractivity contribution in [3.63, 3.8) is 0 Å². The minimum Gasteiger partial charge on any atom is -0.275 e. The molecule has 0 saturated carbocycles. The van der Waals surface area contributed by atoms with Gasteiger partial charge in [0.05, 0.1) is 23.8 Å². The summed E-state index contributed by atoms with van der Waals surface area (Å²) in [4.78, 5) is 11.3. The molecule has 21 heavy (non-hydrogen) atoms. The first kappa shape index (κ1) is 15.5. The number of primary sulfonamides is 1. The third-order valence-corrected chi connectivity index (χ3v) is 3.51. The highest BCUT2D eigenvalue weighted by Crippen LogP contribution is 2.11. The largest absolute Gasteiger partial charge is 0.275 e. The SMILES string of the molecule is C/C(=N\Nc1cnc(S(N)(=O)=O)nc1)c1cncc(Br)c1. The molecule has 0 amide bonds. The summed E-state index contributed by atoms with van der Waals surface area (Å²) in [5, 5.41) is 8.61. The van der Waals surface area contributed by atoms with E-state index in [9.17, 15) is 8.42 Å². The van der Waals surface area contributed by atoms with Gasteiger partial charge in [0.2, 0.25) is 0 Å². The van der Waals surface area contributed by atoms with E-state index in [1.54, 1.807) is 19.3 Å². The first-order chi connectivity index (χ1) is 9.86. The average Bonchev–Trinajstić information content (AvgIpc) is 2.44. The number of hydrazone groups is 1. The monoisotopic (exact) mass is 370 g/mol. The van der Waals surface area contributed by atoms with Gasteiger partial charge in [-0.15, -0.1) is 0 Å². The zero-order chi connectivity index (χ0) is 15.5. The summed E-state index contributed by atoms with van der Waals surface area (Å²) >= 11 is 3.33. The number of nitrogens with zero attached hydrogens (tertiary/aromatic N) is 4. The summed E-state index contributed by atoms with van der Waals surface area (Å²) in [5.41, 5.74) is 4.69. The molecule has 0 spiro atoms. The van der Waals surface area contributed by atoms with E-state index in [0.717, 1.165) is 10.0 Å². The minimum absolute atomic E-state index is 0.435. The zero-order valence-corrected chi connectivity index (χ0v) is 13.3. The smallest absolute Gasteiger partial charge is 0.273 e. The molecule has 0 aliphatic heterocycles. The van der Waals surface area contributed by atoms with Gasteiger partial charge in [0.25, 0.3) is 15.2 Å². The quantitative estimate of drug-likeness (QED) is 0.472. The molecule has 0 unspecified atom stereocenters. The Morgan fingerprint density at radius 2 is 1.95 bits per heavy atom. The summed E-state index contributed by atoms with van der Waals surface area (Å²) in [6, 6.07) is 1.87. The molecular weight excluding hydrogens is 360 g/mol. The van der Waals surface area contributed by atoms with Gasteiger partial charge in [0.1, 0.15) is 0 Å². The van der Waals surface area contributed by atoms with Gasteiger partial charge in [0.15, 0.2) is 0 Å². The standard InChI is InChI=1S/C11H11BrN6O2S/c1-7(8-2-9(12)4-14-3-8)17-18-10-5-15-11(16-6-10)21(13,19)20/h2-6,18H,1H3,(H2,13,19,20)/b17-7+. The molecule has 0 fully saturated rings. The molecule has 0 atom stereocenters. The van der Waals surface area contributed by atoms with Gasteiger partial charge < -0.3 is 0 Å². The van der Waals surface area contributed by atoms with Crippen LogP contribution in [-0.4, -0.2) is 29.1 Å². The Kier molecular flexibility index (Phi) is 4.60. The van der Waals surface area contributed by atoms with E-state index in [1.807, 2.05) is 6.07 Å². The van der Waals surface area contributed by atoms with Crippen LogP contribution in [0.2, 0.25) is 0 Å². The molecule has 110 valence electrons. The van der Waals surface area contributed by atoms with Gasteiger partial charge >= 0.3 is 0 Å². The lowest BCUT2D eigenvalue weighted by Gasteiger charge is -2.03. The van der Waals surface area contributed by atoms with Crippen molar-refractivity contribution < 1.29 is 8.42 Å². The molecule has 10 heteroatoms. The molecule has 0 radical (unpaired) electrons. The minimum atomic E-state index is -3.90. The van der Waals surface area contributed by atoms with Crippen LogP contribution < -0.4 is 10.6 Å². The Hall–Kier alpha value is -1.91. The highest BCUT2D eigenvalue weighted by molar-refractivity contribution is 9.10. The van der Waals surface area contributed by atoms with Gasteiger partial charge in [-0.05, 0) is 28.9 Å². The third kappa shape index (κ3) is 4.28. The maximum absolute atomic E-state index is 11.0. The first-order valence-corrected chi connectivity index (χ1v) is 7.96. The van der Waals surface area contributed by atoms with E-state index in [-0.39, 0.29) is 0 Å². The van der Waals surface area contributed by atoms with E-state index in [2.05, 4.69) is 41.4 Å². The van der Waals surface area contributed by atoms with Crippen molar-refractivity contribution in [3.8, 4) is 0 Å². The number of hydrogen-bond donors (Lipinski definition) is 2. The fraction of sp³-hybridized carbons (Fsp3) is 0.0909. The molecular formula is C11H11BrN6O2S. The molecule has 8 nitrogen and oxygen atoms in total. The van der Waals surface area contributed by atoms with Gasteiger partial charge in [-0.1, -0.05) is 0 Å². The summed E-state index contributed by atoms with van der Waals surface area (Å²) in [6.07, 6.45) is 5.90. The second-order valence-corrected chi connectivity index (χ2v) is 6.37. The van der Waals surface area contributed by atoms with Gasteiger partial charge in [-0.3, -0.25) is 10.4 Å². The van der Waals surface area contributed by atoms with Crippen molar-refractivity contribution in [3.05, 3.63) is 40.9 Å². The van der Waals surface area contributed by atoms with Crippen molar-refractivity contribution >= 4 is 37.4 Å². The van der Waals surface area contributed by atoms with Crippen molar-refractivity contribution in [1.82, 2.24) is 15.0 Å². The third-order valence-electron chi connectivity index (χ3n) is 2.36. The van der Waals surface area contributed by atoms with Crippen LogP contribution >= 0.6 is 15.9 Å². The number of hydrogen-bond acceptors (Lipinski definition) is 7. The zero-order valence-electron chi connectivity index (χ0n) is 10.9. The van der Waals surface area contributed by atoms with Crippen molar-refractivity contribution in [2.75, 3.05) is 5.43 Å². The molecule has 2 aromatic heterocycles. The lowest BCUT2D eigenvalue weighted by molar-refractivity contribution is 0.588. The molecule has 0 saturated heterocycles. The second-order valence-electron chi connectivity index (χ2n) is 4.00. The predicted molar refractivity (Wildman–Crippen MR) is 81.2 cm³/mol. The van der Waals surface area contributed by atoms with E-state index in [1.165, 1.54) is 12.4 Å². The summed E-state index contributed by atoms with van der Waals surface area (Å²) in [6.45, 7) is 1.80. The highest BCUT2D eigenvalue weighted by Gasteiger charge is 2.10. The van der Waals surface area contributed by atoms with Crippen LogP contribution in [0.4, 0.5) is 5.69 Å². The molecule has 0 bridgehead atoms. The van der Waals surface area contributed by atoms with E-state index >= 15 is 0 Å². The molecule has 2 heterocycles. The van der Waals surface area contributed by atoms with E-state index in [4.69, 9.17) is 5.14 Å². The highest BCUT2D eigenvalue weighted by atomic mass is 79.9. The number of rotatable bonds is 4. The molecule has 0 aliphatic carbocycles. The fourth-order valence-electron chi connectivity index (χ4n) is 1.34. The van der Waals surface area contributed by atoms with Crippen molar-refractivity contribution in [1.29, 1.82) is 0 Å². The normalized spacial score (nSPS) is 12.2. The first-order valence-electron chi connectivity index (χ1n) is 5.62. The summed E-state index contributed by atoms with van der Waals surface area (Å²) in [7, 11) is -3.90. The Balaban J connectivity index is 2.14. The lowest BCUT2D eigenvalue weighted by Crippen LogP contribution is -2.15. The van der Waals surface area contributed by atoms with Crippen LogP contribution in [0.15, 0.2) is 45.6 Å². The molecule has 2 rings (SSSR count). The Morgan fingerprint density at radius 1 is 1.29 bits per heavy atom. The summed E-state index contributed by atoms with van der Waals surface area (Å²) < 4.78 is 22.9. The van der Waals surface area contributed by atoms with Crippen LogP contribution in [0.3, 0.4) is 0 Å². The molecule has 0 aliphatic rings. The number of nitrogens with two attached hydrogens (primary N) is 1. The van der Waals surface area contributed by atoms with Crippen molar-refractivity contribution in [2.24, 2.45) is 10.2 Å². The lowest BCUT2D eigenvalue weighted by atomic mass is 10.2. The number of nitrogens with one attached hydrogen (secondary N) is 1. The number of pyridine rings is 1. The molecule has 0 aromatic carbocycles.